The highest BCUT2D eigenvalue weighted by atomic mass is 16.1. The van der Waals surface area contributed by atoms with E-state index in [4.69, 9.17) is 0 Å². The van der Waals surface area contributed by atoms with E-state index in [9.17, 15) is 9.59 Å². The summed E-state index contributed by atoms with van der Waals surface area (Å²) in [7, 11) is 0. The summed E-state index contributed by atoms with van der Waals surface area (Å²) in [5, 5.41) is 0. The van der Waals surface area contributed by atoms with Gasteiger partial charge in [0, 0.05) is 0 Å². The summed E-state index contributed by atoms with van der Waals surface area (Å²) >= 11 is 0. The van der Waals surface area contributed by atoms with Gasteiger partial charge in [0.05, 0.1) is 0 Å². The van der Waals surface area contributed by atoms with E-state index >= 15 is 0 Å². The maximum atomic E-state index is 9.41. The molecule has 2 rings (SSSR count). The van der Waals surface area contributed by atoms with Crippen molar-refractivity contribution in [2.75, 3.05) is 0 Å². The molecular weight excluding hydrogens is 252 g/mol. The van der Waals surface area contributed by atoms with Gasteiger partial charge < -0.3 is 0 Å². The molecule has 4 nitrogen and oxygen atoms in total. The Kier molecular flexibility index (Phi) is 7.00. The second-order valence-electron chi connectivity index (χ2n) is 3.80. The van der Waals surface area contributed by atoms with E-state index in [0.29, 0.717) is 0 Å². The summed E-state index contributed by atoms with van der Waals surface area (Å²) in [4.78, 5) is 25.0. The summed E-state index contributed by atoms with van der Waals surface area (Å²) in [6.07, 6.45) is 1.88. The molecule has 0 bridgehead atoms. The van der Waals surface area contributed by atoms with Crippen molar-refractivity contribution in [3.8, 4) is 11.1 Å². The molecule has 0 atom stereocenters. The van der Waals surface area contributed by atoms with Gasteiger partial charge in [-0.1, -0.05) is 60.7 Å². The van der Waals surface area contributed by atoms with Gasteiger partial charge in [0.2, 0.25) is 12.2 Å². The van der Waals surface area contributed by atoms with Crippen LogP contribution in [0.25, 0.3) is 11.1 Å². The van der Waals surface area contributed by atoms with Crippen LogP contribution in [0.3, 0.4) is 0 Å². The summed E-state index contributed by atoms with van der Waals surface area (Å²) in [6, 6.07) is 20.8. The monoisotopic (exact) mass is 266 g/mol. The number of benzene rings is 2. The molecule has 2 aromatic carbocycles. The normalized spacial score (nSPS) is 10.1. The van der Waals surface area contributed by atoms with Gasteiger partial charge in [0.1, 0.15) is 0 Å². The van der Waals surface area contributed by atoms with Crippen molar-refractivity contribution in [3.63, 3.8) is 0 Å². The van der Waals surface area contributed by atoms with Crippen LogP contribution >= 0.6 is 0 Å². The molecule has 2 aromatic rings. The Balaban J connectivity index is 0.000000221. The van der Waals surface area contributed by atoms with E-state index in [-0.39, 0.29) is 0 Å². The highest BCUT2D eigenvalue weighted by Gasteiger charge is 1.91. The molecule has 0 aromatic heterocycles. The number of aliphatic imine (C=N–C) groups is 2. The molecule has 0 spiro atoms. The Hall–Kier alpha value is -2.80. The van der Waals surface area contributed by atoms with Gasteiger partial charge in [0.25, 0.3) is 0 Å². The quantitative estimate of drug-likeness (QED) is 0.631. The molecular formula is C16H14N2O2. The fourth-order valence-corrected chi connectivity index (χ4v) is 1.44. The van der Waals surface area contributed by atoms with Gasteiger partial charge >= 0.3 is 0 Å². The lowest BCUT2D eigenvalue weighted by Crippen LogP contribution is -1.88. The summed E-state index contributed by atoms with van der Waals surface area (Å²) in [5.74, 6) is 0. The Morgan fingerprint density at radius 2 is 1.10 bits per heavy atom. The zero-order valence-corrected chi connectivity index (χ0v) is 11.1. The van der Waals surface area contributed by atoms with Crippen molar-refractivity contribution in [1.82, 2.24) is 0 Å². The fraction of sp³-hybridized carbons (Fsp3) is 0.125. The van der Waals surface area contributed by atoms with E-state index in [2.05, 4.69) is 58.5 Å². The lowest BCUT2D eigenvalue weighted by Gasteiger charge is -1.98. The van der Waals surface area contributed by atoms with E-state index in [1.807, 2.05) is 12.1 Å². The van der Waals surface area contributed by atoms with Crippen molar-refractivity contribution < 1.29 is 9.59 Å². The van der Waals surface area contributed by atoms with Gasteiger partial charge in [-0.05, 0) is 18.1 Å². The number of nitrogens with zero attached hydrogens (tertiary/aromatic N) is 2. The van der Waals surface area contributed by atoms with Crippen LogP contribution < -0.4 is 0 Å². The third kappa shape index (κ3) is 5.69. The van der Waals surface area contributed by atoms with Crippen molar-refractivity contribution >= 4 is 12.2 Å². The smallest absolute Gasteiger partial charge is 0.211 e. The van der Waals surface area contributed by atoms with Gasteiger partial charge in [-0.2, -0.15) is 9.98 Å². The second-order valence-corrected chi connectivity index (χ2v) is 3.80. The molecule has 0 radical (unpaired) electrons. The average Bonchev–Trinajstić information content (AvgIpc) is 2.50. The molecule has 0 aliphatic carbocycles. The first-order valence-corrected chi connectivity index (χ1v) is 6.02. The molecule has 0 aliphatic heterocycles. The van der Waals surface area contributed by atoms with Gasteiger partial charge in [-0.15, -0.1) is 0 Å². The van der Waals surface area contributed by atoms with Crippen molar-refractivity contribution in [1.29, 1.82) is 0 Å². The van der Waals surface area contributed by atoms with Crippen LogP contribution in [0.1, 0.15) is 6.92 Å². The minimum absolute atomic E-state index is 0.634. The summed E-state index contributed by atoms with van der Waals surface area (Å²) in [5.41, 5.74) is 2.55. The minimum Gasteiger partial charge on any atom is -0.211 e. The van der Waals surface area contributed by atoms with Gasteiger partial charge in [-0.25, -0.2) is 9.59 Å². The first kappa shape index (κ1) is 15.3. The van der Waals surface area contributed by atoms with E-state index in [1.165, 1.54) is 30.2 Å². The van der Waals surface area contributed by atoms with Crippen LogP contribution in [0, 0.1) is 0 Å². The SMILES string of the molecule is CC(N=C=O)N=C=O.c1ccc(-c2ccccc2)cc1. The van der Waals surface area contributed by atoms with Crippen LogP contribution in [0.5, 0.6) is 0 Å². The third-order valence-corrected chi connectivity index (χ3v) is 2.36. The molecule has 0 saturated carbocycles. The highest BCUT2D eigenvalue weighted by Crippen LogP contribution is 2.17. The Labute approximate surface area is 117 Å². The van der Waals surface area contributed by atoms with E-state index in [0.717, 1.165) is 0 Å². The van der Waals surface area contributed by atoms with E-state index in [1.54, 1.807) is 0 Å². The lowest BCUT2D eigenvalue weighted by atomic mass is 10.1. The summed E-state index contributed by atoms with van der Waals surface area (Å²) in [6.45, 7) is 1.48. The van der Waals surface area contributed by atoms with Crippen LogP contribution in [-0.4, -0.2) is 18.3 Å². The highest BCUT2D eigenvalue weighted by molar-refractivity contribution is 5.62. The summed E-state index contributed by atoms with van der Waals surface area (Å²) < 4.78 is 0. The largest absolute Gasteiger partial charge is 0.237 e. The minimum atomic E-state index is -0.634. The number of carbonyl (C=O) groups excluding carboxylic acids is 2. The average molecular weight is 266 g/mol. The number of rotatable bonds is 3. The van der Waals surface area contributed by atoms with Crippen LogP contribution in [0.2, 0.25) is 0 Å². The Bertz CT molecular complexity index is 543. The standard InChI is InChI=1S/C12H10.C4H4N2O2/c1-3-7-11(8-4-1)12-9-5-2-6-10-12;1-4(5-2-7)6-3-8/h1-10H;4H,1H3. The molecule has 4 heteroatoms. The first-order valence-electron chi connectivity index (χ1n) is 6.02. The number of isocyanates is 2. The number of hydrogen-bond acceptors (Lipinski definition) is 4. The number of hydrogen-bond donors (Lipinski definition) is 0. The van der Waals surface area contributed by atoms with Crippen LogP contribution in [-0.2, 0) is 9.59 Å². The maximum Gasteiger partial charge on any atom is 0.237 e. The van der Waals surface area contributed by atoms with Crippen LogP contribution in [0.4, 0.5) is 0 Å². The Morgan fingerprint density at radius 1 is 0.750 bits per heavy atom. The molecule has 0 N–H and O–H groups in total. The predicted molar refractivity (Wildman–Crippen MR) is 77.6 cm³/mol. The third-order valence-electron chi connectivity index (χ3n) is 2.36. The fourth-order valence-electron chi connectivity index (χ4n) is 1.44. The molecule has 20 heavy (non-hydrogen) atoms. The van der Waals surface area contributed by atoms with Crippen LogP contribution in [0.15, 0.2) is 70.6 Å². The topological polar surface area (TPSA) is 58.9 Å². The molecule has 0 amide bonds. The first-order chi connectivity index (χ1) is 9.77. The van der Waals surface area contributed by atoms with Gasteiger partial charge in [0.15, 0.2) is 6.17 Å². The molecule has 0 unspecified atom stereocenters. The molecule has 0 saturated heterocycles. The Morgan fingerprint density at radius 3 is 1.40 bits per heavy atom. The van der Waals surface area contributed by atoms with Gasteiger partial charge in [-0.3, -0.25) is 0 Å². The maximum absolute atomic E-state index is 9.41. The lowest BCUT2D eigenvalue weighted by molar-refractivity contribution is 0.553. The molecule has 0 fully saturated rings. The second kappa shape index (κ2) is 9.17. The van der Waals surface area contributed by atoms with Crippen molar-refractivity contribution in [3.05, 3.63) is 60.7 Å². The van der Waals surface area contributed by atoms with Crippen molar-refractivity contribution in [2.45, 2.75) is 13.1 Å². The zero-order chi connectivity index (χ0) is 14.6. The molecule has 0 heterocycles. The zero-order valence-electron chi connectivity index (χ0n) is 11.1. The van der Waals surface area contributed by atoms with E-state index < -0.39 is 6.17 Å². The predicted octanol–water partition coefficient (Wildman–Crippen LogP) is 3.36. The van der Waals surface area contributed by atoms with Crippen molar-refractivity contribution in [2.24, 2.45) is 9.98 Å². The molecule has 100 valence electrons. The molecule has 0 aliphatic rings.